The van der Waals surface area contributed by atoms with Crippen molar-refractivity contribution in [3.05, 3.63) is 59.7 Å². The van der Waals surface area contributed by atoms with E-state index in [1.165, 1.54) is 72.9 Å². The number of anilines is 1. The number of hydrogen-bond donors (Lipinski definition) is 1. The van der Waals surface area contributed by atoms with Crippen molar-refractivity contribution < 1.29 is 0 Å². The minimum Gasteiger partial charge on any atom is -0.387 e. The lowest BCUT2D eigenvalue weighted by Crippen LogP contribution is -2.16. The first-order valence-corrected chi connectivity index (χ1v) is 12.3. The van der Waals surface area contributed by atoms with Crippen LogP contribution in [0.2, 0.25) is 0 Å². The summed E-state index contributed by atoms with van der Waals surface area (Å²) in [7, 11) is 2.08. The van der Waals surface area contributed by atoms with Gasteiger partial charge in [-0.3, -0.25) is 0 Å². The van der Waals surface area contributed by atoms with Gasteiger partial charge < -0.3 is 5.32 Å². The summed E-state index contributed by atoms with van der Waals surface area (Å²) >= 11 is 0. The van der Waals surface area contributed by atoms with Crippen LogP contribution in [0.3, 0.4) is 0 Å². The Hall–Kier alpha value is -2.02. The zero-order valence-electron chi connectivity index (χ0n) is 20.3. The number of rotatable bonds is 7. The molecule has 1 unspecified atom stereocenters. The Balaban J connectivity index is 0.00000155. The van der Waals surface area contributed by atoms with Gasteiger partial charge in [-0.25, -0.2) is 0 Å². The van der Waals surface area contributed by atoms with Crippen LogP contribution in [0, 0.1) is 5.41 Å². The predicted octanol–water partition coefficient (Wildman–Crippen LogP) is 9.14. The van der Waals surface area contributed by atoms with Gasteiger partial charge in [0, 0.05) is 18.3 Å². The van der Waals surface area contributed by atoms with Crippen molar-refractivity contribution in [2.45, 2.75) is 86.0 Å². The third-order valence-electron chi connectivity index (χ3n) is 6.61. The van der Waals surface area contributed by atoms with Gasteiger partial charge in [-0.15, -0.1) is 0 Å². The predicted molar refractivity (Wildman–Crippen MR) is 136 cm³/mol. The lowest BCUT2D eigenvalue weighted by molar-refractivity contribution is 0.302. The Bertz CT molecular complexity index is 803. The van der Waals surface area contributed by atoms with Crippen molar-refractivity contribution in [3.63, 3.8) is 0 Å². The first kappa shape index (κ1) is 24.3. The van der Waals surface area contributed by atoms with E-state index >= 15 is 0 Å². The fraction of sp³-hybridized carbons (Fsp3) is 0.517. The molecule has 0 saturated heterocycles. The van der Waals surface area contributed by atoms with Gasteiger partial charge in [-0.1, -0.05) is 83.9 Å². The van der Waals surface area contributed by atoms with Crippen LogP contribution in [0.1, 0.15) is 90.7 Å². The van der Waals surface area contributed by atoms with Gasteiger partial charge >= 0.3 is 0 Å². The van der Waals surface area contributed by atoms with E-state index in [-0.39, 0.29) is 0 Å². The Kier molecular flexibility index (Phi) is 9.69. The molecule has 2 aromatic rings. The molecular weight excluding hydrogens is 362 g/mol. The van der Waals surface area contributed by atoms with Crippen molar-refractivity contribution in [3.8, 4) is 11.1 Å². The summed E-state index contributed by atoms with van der Waals surface area (Å²) in [4.78, 5) is 0. The van der Waals surface area contributed by atoms with Crippen LogP contribution in [0.25, 0.3) is 16.7 Å². The molecule has 0 saturated carbocycles. The van der Waals surface area contributed by atoms with Gasteiger partial charge in [0.1, 0.15) is 0 Å². The van der Waals surface area contributed by atoms with Crippen molar-refractivity contribution in [2.24, 2.45) is 5.41 Å². The molecule has 0 amide bonds. The number of nitrogens with one attached hydrogen (secondary N) is 1. The van der Waals surface area contributed by atoms with Crippen molar-refractivity contribution in [2.75, 3.05) is 12.4 Å². The normalized spacial score (nSPS) is 18.7. The minimum atomic E-state index is 0.376. The lowest BCUT2D eigenvalue weighted by Gasteiger charge is -2.29. The Morgan fingerprint density at radius 1 is 0.933 bits per heavy atom. The summed E-state index contributed by atoms with van der Waals surface area (Å²) in [6.45, 7) is 11.0. The monoisotopic (exact) mass is 405 g/mol. The maximum Gasteiger partial charge on any atom is 0.0446 e. The van der Waals surface area contributed by atoms with E-state index in [0.29, 0.717) is 5.41 Å². The second-order valence-corrected chi connectivity index (χ2v) is 8.37. The Morgan fingerprint density at radius 3 is 2.27 bits per heavy atom. The maximum atomic E-state index is 3.55. The molecule has 0 fully saturated rings. The highest BCUT2D eigenvalue weighted by atomic mass is 14.8. The first-order chi connectivity index (χ1) is 14.7. The van der Waals surface area contributed by atoms with E-state index in [9.17, 15) is 0 Å². The van der Waals surface area contributed by atoms with Crippen LogP contribution in [0.4, 0.5) is 5.69 Å². The van der Waals surface area contributed by atoms with Crippen molar-refractivity contribution >= 4 is 11.3 Å². The fourth-order valence-electron chi connectivity index (χ4n) is 5.00. The highest BCUT2D eigenvalue weighted by molar-refractivity contribution is 5.83. The molecule has 1 nitrogen and oxygen atoms in total. The average Bonchev–Trinajstić information content (AvgIpc) is 3.03. The number of benzene rings is 2. The topological polar surface area (TPSA) is 12.0 Å². The third kappa shape index (κ3) is 5.56. The van der Waals surface area contributed by atoms with Gasteiger partial charge in [-0.05, 0) is 78.3 Å². The lowest BCUT2D eigenvalue weighted by atomic mass is 9.76. The molecule has 1 atom stereocenters. The SMILES string of the molecule is CC.CCCC1(CC)C=C(c2cc(-c3ccccc3)cc(CC)c2NC)CCCC1. The van der Waals surface area contributed by atoms with E-state index in [1.807, 2.05) is 13.8 Å². The second kappa shape index (κ2) is 12.0. The highest BCUT2D eigenvalue weighted by Crippen LogP contribution is 2.44. The summed E-state index contributed by atoms with van der Waals surface area (Å²) in [5.41, 5.74) is 8.76. The molecular formula is C29H43N. The molecule has 0 spiro atoms. The van der Waals surface area contributed by atoms with Crippen LogP contribution in [-0.2, 0) is 6.42 Å². The standard InChI is InChI=1S/C27H37N.C2H6/c1-5-16-27(7-3)17-12-11-15-23(20-27)25-19-24(22-13-9-8-10-14-22)18-21(6-2)26(25)28-4;1-2/h8-10,13-14,18-20,28H,5-7,11-12,15-17H2,1-4H3;1-2H3. The van der Waals surface area contributed by atoms with E-state index in [4.69, 9.17) is 0 Å². The molecule has 0 aliphatic heterocycles. The zero-order valence-corrected chi connectivity index (χ0v) is 20.3. The molecule has 2 aromatic carbocycles. The van der Waals surface area contributed by atoms with E-state index in [0.717, 1.165) is 6.42 Å². The molecule has 164 valence electrons. The van der Waals surface area contributed by atoms with E-state index < -0.39 is 0 Å². The van der Waals surface area contributed by atoms with Crippen LogP contribution >= 0.6 is 0 Å². The van der Waals surface area contributed by atoms with Crippen LogP contribution in [-0.4, -0.2) is 7.05 Å². The van der Waals surface area contributed by atoms with Gasteiger partial charge in [0.15, 0.2) is 0 Å². The Morgan fingerprint density at radius 2 is 1.67 bits per heavy atom. The summed E-state index contributed by atoms with van der Waals surface area (Å²) in [6.07, 6.45) is 12.7. The zero-order chi connectivity index (χ0) is 22.0. The van der Waals surface area contributed by atoms with E-state index in [2.05, 4.69) is 81.7 Å². The quantitative estimate of drug-likeness (QED) is 0.484. The molecule has 1 N–H and O–H groups in total. The Labute approximate surface area is 186 Å². The summed E-state index contributed by atoms with van der Waals surface area (Å²) in [5.74, 6) is 0. The van der Waals surface area contributed by atoms with Crippen molar-refractivity contribution in [1.29, 1.82) is 0 Å². The average molecular weight is 406 g/mol. The van der Waals surface area contributed by atoms with Gasteiger partial charge in [0.2, 0.25) is 0 Å². The summed E-state index contributed by atoms with van der Waals surface area (Å²) in [5, 5.41) is 3.55. The highest BCUT2D eigenvalue weighted by Gasteiger charge is 2.28. The molecule has 1 heteroatoms. The number of allylic oxidation sites excluding steroid dienone is 2. The molecule has 1 aliphatic carbocycles. The van der Waals surface area contributed by atoms with Crippen LogP contribution in [0.5, 0.6) is 0 Å². The largest absolute Gasteiger partial charge is 0.387 e. The third-order valence-corrected chi connectivity index (χ3v) is 6.61. The van der Waals surface area contributed by atoms with E-state index in [1.54, 1.807) is 5.57 Å². The van der Waals surface area contributed by atoms with Crippen molar-refractivity contribution in [1.82, 2.24) is 0 Å². The molecule has 3 rings (SSSR count). The number of aryl methyl sites for hydroxylation is 1. The molecule has 0 aromatic heterocycles. The van der Waals surface area contributed by atoms with Gasteiger partial charge in [0.05, 0.1) is 0 Å². The smallest absolute Gasteiger partial charge is 0.0446 e. The second-order valence-electron chi connectivity index (χ2n) is 8.37. The first-order valence-electron chi connectivity index (χ1n) is 12.3. The molecule has 0 bridgehead atoms. The molecule has 0 radical (unpaired) electrons. The molecule has 1 aliphatic rings. The molecule has 30 heavy (non-hydrogen) atoms. The van der Waals surface area contributed by atoms with Crippen LogP contribution < -0.4 is 5.32 Å². The summed E-state index contributed by atoms with van der Waals surface area (Å²) < 4.78 is 0. The van der Waals surface area contributed by atoms with Crippen LogP contribution in [0.15, 0.2) is 48.5 Å². The maximum absolute atomic E-state index is 3.55. The molecule has 0 heterocycles. The van der Waals surface area contributed by atoms with Gasteiger partial charge in [0.25, 0.3) is 0 Å². The minimum absolute atomic E-state index is 0.376. The number of hydrogen-bond acceptors (Lipinski definition) is 1. The fourth-order valence-corrected chi connectivity index (χ4v) is 5.00. The van der Waals surface area contributed by atoms with Gasteiger partial charge in [-0.2, -0.15) is 0 Å². The summed E-state index contributed by atoms with van der Waals surface area (Å²) in [6, 6.07) is 15.6.